The molecule has 4 heteroatoms. The summed E-state index contributed by atoms with van der Waals surface area (Å²) in [6.07, 6.45) is 1.76. The van der Waals surface area contributed by atoms with Crippen LogP contribution in [0.2, 0.25) is 0 Å². The Morgan fingerprint density at radius 2 is 2.00 bits per heavy atom. The Morgan fingerprint density at radius 1 is 1.19 bits per heavy atom. The van der Waals surface area contributed by atoms with Crippen molar-refractivity contribution in [3.63, 3.8) is 0 Å². The Labute approximate surface area is 154 Å². The Balaban J connectivity index is 1.46. The molecule has 26 heavy (non-hydrogen) atoms. The largest absolute Gasteiger partial charge is 0.497 e. The highest BCUT2D eigenvalue weighted by Gasteiger charge is 2.38. The van der Waals surface area contributed by atoms with Crippen LogP contribution in [0.3, 0.4) is 0 Å². The molecule has 2 aromatic rings. The van der Waals surface area contributed by atoms with Crippen molar-refractivity contribution in [2.24, 2.45) is 5.92 Å². The average Bonchev–Trinajstić information content (AvgIpc) is 3.08. The SMILES string of the molecule is COc1ccc2c(c1)OC[C@H](C(=O)N1CC[C@H](c3ccccc3)[C@H]1C)C2. The summed E-state index contributed by atoms with van der Waals surface area (Å²) in [5.41, 5.74) is 2.41. The fourth-order valence-electron chi connectivity index (χ4n) is 4.27. The molecule has 0 aliphatic carbocycles. The van der Waals surface area contributed by atoms with Crippen molar-refractivity contribution in [3.8, 4) is 11.5 Å². The Kier molecular flexibility index (Phi) is 4.58. The molecule has 4 nitrogen and oxygen atoms in total. The predicted molar refractivity (Wildman–Crippen MR) is 101 cm³/mol. The summed E-state index contributed by atoms with van der Waals surface area (Å²) < 4.78 is 11.1. The van der Waals surface area contributed by atoms with Gasteiger partial charge >= 0.3 is 0 Å². The number of amides is 1. The number of hydrogen-bond donors (Lipinski definition) is 0. The smallest absolute Gasteiger partial charge is 0.229 e. The van der Waals surface area contributed by atoms with E-state index in [1.54, 1.807) is 7.11 Å². The highest BCUT2D eigenvalue weighted by Crippen LogP contribution is 2.36. The molecule has 0 aromatic heterocycles. The van der Waals surface area contributed by atoms with E-state index in [-0.39, 0.29) is 17.9 Å². The third-order valence-electron chi connectivity index (χ3n) is 5.80. The maximum absolute atomic E-state index is 13.1. The summed E-state index contributed by atoms with van der Waals surface area (Å²) in [6.45, 7) is 3.44. The van der Waals surface area contributed by atoms with Gasteiger partial charge in [-0.25, -0.2) is 0 Å². The van der Waals surface area contributed by atoms with Gasteiger partial charge in [0.25, 0.3) is 0 Å². The van der Waals surface area contributed by atoms with E-state index in [9.17, 15) is 4.79 Å². The van der Waals surface area contributed by atoms with Gasteiger partial charge in [0.2, 0.25) is 5.91 Å². The molecule has 2 heterocycles. The van der Waals surface area contributed by atoms with Crippen LogP contribution in [0, 0.1) is 5.92 Å². The first-order valence-electron chi connectivity index (χ1n) is 9.32. The molecule has 0 saturated carbocycles. The number of rotatable bonds is 3. The molecular weight excluding hydrogens is 326 g/mol. The number of benzene rings is 2. The lowest BCUT2D eigenvalue weighted by Gasteiger charge is -2.31. The van der Waals surface area contributed by atoms with E-state index < -0.39 is 0 Å². The van der Waals surface area contributed by atoms with E-state index in [0.717, 1.165) is 36.4 Å². The minimum atomic E-state index is -0.104. The lowest BCUT2D eigenvalue weighted by molar-refractivity contribution is -0.137. The highest BCUT2D eigenvalue weighted by molar-refractivity contribution is 5.80. The molecule has 3 atom stereocenters. The maximum atomic E-state index is 13.1. The van der Waals surface area contributed by atoms with Gasteiger partial charge in [-0.15, -0.1) is 0 Å². The molecule has 0 N–H and O–H groups in total. The quantitative estimate of drug-likeness (QED) is 0.847. The maximum Gasteiger partial charge on any atom is 0.229 e. The van der Waals surface area contributed by atoms with E-state index in [0.29, 0.717) is 12.5 Å². The van der Waals surface area contributed by atoms with Crippen molar-refractivity contribution in [2.75, 3.05) is 20.3 Å². The summed E-state index contributed by atoms with van der Waals surface area (Å²) >= 11 is 0. The van der Waals surface area contributed by atoms with Crippen molar-refractivity contribution in [2.45, 2.75) is 31.7 Å². The molecular formula is C22H25NO3. The molecule has 0 unspecified atom stereocenters. The summed E-state index contributed by atoms with van der Waals surface area (Å²) in [6, 6.07) is 16.6. The Morgan fingerprint density at radius 3 is 2.77 bits per heavy atom. The fourth-order valence-corrected chi connectivity index (χ4v) is 4.27. The summed E-state index contributed by atoms with van der Waals surface area (Å²) in [4.78, 5) is 15.2. The molecule has 0 bridgehead atoms. The Hall–Kier alpha value is -2.49. The number of hydrogen-bond acceptors (Lipinski definition) is 3. The third kappa shape index (κ3) is 3.05. The normalized spacial score (nSPS) is 24.7. The fraction of sp³-hybridized carbons (Fsp3) is 0.409. The second-order valence-electron chi connectivity index (χ2n) is 7.26. The first kappa shape index (κ1) is 17.0. The molecule has 4 rings (SSSR count). The van der Waals surface area contributed by atoms with Crippen molar-refractivity contribution < 1.29 is 14.3 Å². The van der Waals surface area contributed by atoms with Gasteiger partial charge in [0, 0.05) is 24.6 Å². The van der Waals surface area contributed by atoms with E-state index >= 15 is 0 Å². The second-order valence-corrected chi connectivity index (χ2v) is 7.26. The van der Waals surface area contributed by atoms with Gasteiger partial charge in [-0.05, 0) is 37.0 Å². The zero-order valence-electron chi connectivity index (χ0n) is 15.4. The van der Waals surface area contributed by atoms with Gasteiger partial charge in [0.1, 0.15) is 18.1 Å². The first-order chi connectivity index (χ1) is 12.7. The zero-order valence-corrected chi connectivity index (χ0v) is 15.4. The van der Waals surface area contributed by atoms with Gasteiger partial charge in [0.15, 0.2) is 0 Å². The summed E-state index contributed by atoms with van der Waals surface area (Å²) in [5.74, 6) is 2.16. The first-order valence-corrected chi connectivity index (χ1v) is 9.32. The lowest BCUT2D eigenvalue weighted by Crippen LogP contribution is -2.43. The van der Waals surface area contributed by atoms with Crippen LogP contribution in [-0.2, 0) is 11.2 Å². The molecule has 0 radical (unpaired) electrons. The van der Waals surface area contributed by atoms with E-state index in [1.807, 2.05) is 24.3 Å². The standard InChI is InChI=1S/C22H25NO3/c1-15-20(16-6-4-3-5-7-16)10-11-23(15)22(24)18-12-17-8-9-19(25-2)13-21(17)26-14-18/h3-9,13,15,18,20H,10-12,14H2,1-2H3/t15-,18-,20+/m1/s1. The zero-order chi connectivity index (χ0) is 18.1. The molecule has 0 spiro atoms. The average molecular weight is 351 g/mol. The van der Waals surface area contributed by atoms with Gasteiger partial charge in [-0.2, -0.15) is 0 Å². The van der Waals surface area contributed by atoms with Crippen LogP contribution in [-0.4, -0.2) is 37.1 Å². The van der Waals surface area contributed by atoms with Crippen LogP contribution in [0.5, 0.6) is 11.5 Å². The lowest BCUT2D eigenvalue weighted by atomic mass is 9.92. The second kappa shape index (κ2) is 7.02. The third-order valence-corrected chi connectivity index (χ3v) is 5.80. The summed E-state index contributed by atoms with van der Waals surface area (Å²) in [7, 11) is 1.65. The van der Waals surface area contributed by atoms with Crippen LogP contribution < -0.4 is 9.47 Å². The number of ether oxygens (including phenoxy) is 2. The predicted octanol–water partition coefficient (Wildman–Crippen LogP) is 3.65. The van der Waals surface area contributed by atoms with Gasteiger partial charge in [-0.1, -0.05) is 36.4 Å². The number of carbonyl (C=O) groups is 1. The van der Waals surface area contributed by atoms with Crippen molar-refractivity contribution in [1.29, 1.82) is 0 Å². The number of methoxy groups -OCH3 is 1. The van der Waals surface area contributed by atoms with E-state index in [1.165, 1.54) is 5.56 Å². The van der Waals surface area contributed by atoms with Crippen molar-refractivity contribution in [1.82, 2.24) is 4.90 Å². The van der Waals surface area contributed by atoms with Crippen LogP contribution in [0.15, 0.2) is 48.5 Å². The highest BCUT2D eigenvalue weighted by atomic mass is 16.5. The number of carbonyl (C=O) groups excluding carboxylic acids is 1. The molecule has 1 amide bonds. The van der Waals surface area contributed by atoms with E-state index in [4.69, 9.17) is 9.47 Å². The summed E-state index contributed by atoms with van der Waals surface area (Å²) in [5, 5.41) is 0. The van der Waals surface area contributed by atoms with Crippen LogP contribution in [0.1, 0.15) is 30.4 Å². The minimum Gasteiger partial charge on any atom is -0.497 e. The monoisotopic (exact) mass is 351 g/mol. The number of likely N-dealkylation sites (tertiary alicyclic amines) is 1. The van der Waals surface area contributed by atoms with Crippen LogP contribution >= 0.6 is 0 Å². The molecule has 136 valence electrons. The van der Waals surface area contributed by atoms with Gasteiger partial charge in [0.05, 0.1) is 13.0 Å². The van der Waals surface area contributed by atoms with Crippen LogP contribution in [0.25, 0.3) is 0 Å². The molecule has 2 aliphatic heterocycles. The number of nitrogens with zero attached hydrogens (tertiary/aromatic N) is 1. The molecule has 2 aromatic carbocycles. The van der Waals surface area contributed by atoms with Crippen molar-refractivity contribution >= 4 is 5.91 Å². The Bertz CT molecular complexity index is 789. The van der Waals surface area contributed by atoms with E-state index in [2.05, 4.69) is 36.1 Å². The van der Waals surface area contributed by atoms with Gasteiger partial charge in [-0.3, -0.25) is 4.79 Å². The molecule has 1 saturated heterocycles. The van der Waals surface area contributed by atoms with Gasteiger partial charge < -0.3 is 14.4 Å². The molecule has 2 aliphatic rings. The van der Waals surface area contributed by atoms with Crippen LogP contribution in [0.4, 0.5) is 0 Å². The minimum absolute atomic E-state index is 0.104. The number of fused-ring (bicyclic) bond motifs is 1. The molecule has 1 fully saturated rings. The topological polar surface area (TPSA) is 38.8 Å². The van der Waals surface area contributed by atoms with Crippen molar-refractivity contribution in [3.05, 3.63) is 59.7 Å².